The fraction of sp³-hybridized carbons (Fsp3) is 0.182. The van der Waals surface area contributed by atoms with Gasteiger partial charge in [-0.2, -0.15) is 9.97 Å². The minimum atomic E-state index is -0.228. The quantitative estimate of drug-likeness (QED) is 0.513. The molecule has 31 heavy (non-hydrogen) atoms. The highest BCUT2D eigenvalue weighted by molar-refractivity contribution is 6.30. The highest BCUT2D eigenvalue weighted by atomic mass is 35.5. The predicted octanol–water partition coefficient (Wildman–Crippen LogP) is 4.28. The molecule has 0 atom stereocenters. The first-order valence-electron chi connectivity index (χ1n) is 9.92. The van der Waals surface area contributed by atoms with E-state index in [0.717, 1.165) is 37.6 Å². The summed E-state index contributed by atoms with van der Waals surface area (Å²) >= 11 is 6.00. The van der Waals surface area contributed by atoms with Gasteiger partial charge in [-0.25, -0.2) is 14.4 Å². The Bertz CT molecular complexity index is 1190. The number of fused-ring (bicyclic) bond motifs is 1. The molecule has 1 saturated heterocycles. The topological polar surface area (TPSA) is 70.1 Å². The SMILES string of the molecule is Fc1ccc(N2CCN(c3nc(Nc4ccc(Cl)cc4)c4nccnc4n3)CC2)cc1. The van der Waals surface area contributed by atoms with Crippen molar-refractivity contribution in [2.24, 2.45) is 0 Å². The van der Waals surface area contributed by atoms with E-state index in [1.807, 2.05) is 24.3 Å². The van der Waals surface area contributed by atoms with Crippen LogP contribution in [0.1, 0.15) is 0 Å². The zero-order valence-electron chi connectivity index (χ0n) is 16.5. The molecule has 0 radical (unpaired) electrons. The molecule has 2 aromatic heterocycles. The van der Waals surface area contributed by atoms with E-state index in [2.05, 4.69) is 30.1 Å². The smallest absolute Gasteiger partial charge is 0.229 e. The van der Waals surface area contributed by atoms with Crippen LogP contribution < -0.4 is 15.1 Å². The van der Waals surface area contributed by atoms with Crippen molar-refractivity contribution in [1.29, 1.82) is 0 Å². The van der Waals surface area contributed by atoms with Crippen molar-refractivity contribution in [1.82, 2.24) is 19.9 Å². The van der Waals surface area contributed by atoms with E-state index in [9.17, 15) is 4.39 Å². The maximum absolute atomic E-state index is 13.2. The van der Waals surface area contributed by atoms with Crippen molar-refractivity contribution in [2.75, 3.05) is 41.3 Å². The minimum absolute atomic E-state index is 0.228. The van der Waals surface area contributed by atoms with Gasteiger partial charge in [-0.15, -0.1) is 0 Å². The summed E-state index contributed by atoms with van der Waals surface area (Å²) in [5, 5.41) is 3.97. The first kappa shape index (κ1) is 19.4. The number of rotatable bonds is 4. The third-order valence-corrected chi connectivity index (χ3v) is 5.43. The molecule has 1 N–H and O–H groups in total. The third kappa shape index (κ3) is 4.20. The Labute approximate surface area is 183 Å². The summed E-state index contributed by atoms with van der Waals surface area (Å²) in [7, 11) is 0. The number of nitrogens with one attached hydrogen (secondary N) is 1. The number of anilines is 4. The van der Waals surface area contributed by atoms with Crippen LogP contribution in [-0.2, 0) is 0 Å². The predicted molar refractivity (Wildman–Crippen MR) is 121 cm³/mol. The molecule has 1 aliphatic rings. The first-order valence-corrected chi connectivity index (χ1v) is 10.3. The second-order valence-corrected chi connectivity index (χ2v) is 7.62. The summed E-state index contributed by atoms with van der Waals surface area (Å²) in [5.74, 6) is 0.966. The van der Waals surface area contributed by atoms with E-state index in [-0.39, 0.29) is 5.82 Å². The summed E-state index contributed by atoms with van der Waals surface area (Å²) in [6.45, 7) is 3.05. The molecular formula is C22H19ClFN7. The average Bonchev–Trinajstić information content (AvgIpc) is 2.81. The van der Waals surface area contributed by atoms with Gasteiger partial charge in [0.2, 0.25) is 5.95 Å². The Kier molecular flexibility index (Phi) is 5.21. The molecule has 9 heteroatoms. The van der Waals surface area contributed by atoms with Gasteiger partial charge in [-0.05, 0) is 48.5 Å². The van der Waals surface area contributed by atoms with Crippen molar-refractivity contribution in [2.45, 2.75) is 0 Å². The molecule has 4 aromatic rings. The fourth-order valence-corrected chi connectivity index (χ4v) is 3.69. The zero-order chi connectivity index (χ0) is 21.2. The van der Waals surface area contributed by atoms with Gasteiger partial charge < -0.3 is 15.1 Å². The molecule has 0 aliphatic carbocycles. The average molecular weight is 436 g/mol. The third-order valence-electron chi connectivity index (χ3n) is 5.18. The van der Waals surface area contributed by atoms with Gasteiger partial charge in [0, 0.05) is 55.0 Å². The lowest BCUT2D eigenvalue weighted by atomic mass is 10.2. The van der Waals surface area contributed by atoms with Crippen molar-refractivity contribution in [3.63, 3.8) is 0 Å². The summed E-state index contributed by atoms with van der Waals surface area (Å²) in [5.41, 5.74) is 3.00. The van der Waals surface area contributed by atoms with Gasteiger partial charge in [0.1, 0.15) is 5.82 Å². The molecule has 1 aliphatic heterocycles. The second-order valence-electron chi connectivity index (χ2n) is 7.18. The monoisotopic (exact) mass is 435 g/mol. The Morgan fingerprint density at radius 3 is 2.23 bits per heavy atom. The van der Waals surface area contributed by atoms with Crippen LogP contribution in [0, 0.1) is 5.82 Å². The number of halogens is 2. The van der Waals surface area contributed by atoms with Gasteiger partial charge in [0.05, 0.1) is 0 Å². The standard InChI is InChI=1S/C22H19ClFN7/c23-15-1-5-17(6-2-15)27-21-19-20(26-10-9-25-19)28-22(29-21)31-13-11-30(12-14-31)18-7-3-16(24)4-8-18/h1-10H,11-14H2,(H,26,27,28,29). The van der Waals surface area contributed by atoms with Gasteiger partial charge in [0.25, 0.3) is 0 Å². The molecule has 2 aromatic carbocycles. The van der Waals surface area contributed by atoms with Crippen LogP contribution in [0.5, 0.6) is 0 Å². The molecule has 0 unspecified atom stereocenters. The van der Waals surface area contributed by atoms with Crippen molar-refractivity contribution in [3.8, 4) is 0 Å². The molecule has 7 nitrogen and oxygen atoms in total. The lowest BCUT2D eigenvalue weighted by Crippen LogP contribution is -2.47. The Hall–Kier alpha value is -3.52. The van der Waals surface area contributed by atoms with Crippen molar-refractivity contribution in [3.05, 3.63) is 71.8 Å². The fourth-order valence-electron chi connectivity index (χ4n) is 3.57. The highest BCUT2D eigenvalue weighted by Crippen LogP contribution is 2.26. The van der Waals surface area contributed by atoms with Gasteiger partial charge in [-0.1, -0.05) is 11.6 Å². The molecule has 5 rings (SSSR count). The zero-order valence-corrected chi connectivity index (χ0v) is 17.3. The molecule has 0 bridgehead atoms. The number of piperazine rings is 1. The van der Waals surface area contributed by atoms with E-state index >= 15 is 0 Å². The molecule has 1 fully saturated rings. The Balaban J connectivity index is 1.40. The number of nitrogens with zero attached hydrogens (tertiary/aromatic N) is 6. The number of hydrogen-bond acceptors (Lipinski definition) is 7. The van der Waals surface area contributed by atoms with Gasteiger partial charge >= 0.3 is 0 Å². The van der Waals surface area contributed by atoms with E-state index < -0.39 is 0 Å². The maximum atomic E-state index is 13.2. The first-order chi connectivity index (χ1) is 15.2. The lowest BCUT2D eigenvalue weighted by molar-refractivity contribution is 0.623. The van der Waals surface area contributed by atoms with Gasteiger partial charge in [0.15, 0.2) is 17.0 Å². The van der Waals surface area contributed by atoms with Crippen LogP contribution in [0.2, 0.25) is 5.02 Å². The van der Waals surface area contributed by atoms with E-state index in [1.165, 1.54) is 12.1 Å². The van der Waals surface area contributed by atoms with Crippen molar-refractivity contribution >= 4 is 45.9 Å². The van der Waals surface area contributed by atoms with Crippen molar-refractivity contribution < 1.29 is 4.39 Å². The van der Waals surface area contributed by atoms with Crippen LogP contribution in [-0.4, -0.2) is 46.1 Å². The summed E-state index contributed by atoms with van der Waals surface area (Å²) in [6.07, 6.45) is 3.25. The van der Waals surface area contributed by atoms with E-state index in [4.69, 9.17) is 16.6 Å². The maximum Gasteiger partial charge on any atom is 0.229 e. The van der Waals surface area contributed by atoms with Crippen LogP contribution in [0.3, 0.4) is 0 Å². The molecule has 156 valence electrons. The molecule has 3 heterocycles. The van der Waals surface area contributed by atoms with Crippen LogP contribution in [0.4, 0.5) is 27.5 Å². The number of hydrogen-bond donors (Lipinski definition) is 1. The van der Waals surface area contributed by atoms with Crippen LogP contribution in [0.25, 0.3) is 11.2 Å². The summed E-state index contributed by atoms with van der Waals surface area (Å²) in [4.78, 5) is 22.5. The number of aromatic nitrogens is 4. The lowest BCUT2D eigenvalue weighted by Gasteiger charge is -2.36. The normalized spacial score (nSPS) is 14.1. The molecular weight excluding hydrogens is 417 g/mol. The summed E-state index contributed by atoms with van der Waals surface area (Å²) in [6, 6.07) is 14.0. The second kappa shape index (κ2) is 8.31. The van der Waals surface area contributed by atoms with E-state index in [1.54, 1.807) is 24.5 Å². The minimum Gasteiger partial charge on any atom is -0.368 e. The molecule has 0 amide bonds. The van der Waals surface area contributed by atoms with Gasteiger partial charge in [-0.3, -0.25) is 0 Å². The largest absolute Gasteiger partial charge is 0.368 e. The van der Waals surface area contributed by atoms with E-state index in [0.29, 0.717) is 28.0 Å². The highest BCUT2D eigenvalue weighted by Gasteiger charge is 2.21. The summed E-state index contributed by atoms with van der Waals surface area (Å²) < 4.78 is 13.2. The Morgan fingerprint density at radius 2 is 1.48 bits per heavy atom. The number of benzene rings is 2. The van der Waals surface area contributed by atoms with Crippen LogP contribution in [0.15, 0.2) is 60.9 Å². The Morgan fingerprint density at radius 1 is 0.806 bits per heavy atom. The molecule has 0 saturated carbocycles. The molecule has 0 spiro atoms. The van der Waals surface area contributed by atoms with Crippen LogP contribution >= 0.6 is 11.6 Å².